The highest BCUT2D eigenvalue weighted by Gasteiger charge is 2.40. The van der Waals surface area contributed by atoms with Crippen LogP contribution in [0.3, 0.4) is 0 Å². The van der Waals surface area contributed by atoms with E-state index in [0.717, 1.165) is 34.4 Å². The van der Waals surface area contributed by atoms with E-state index in [1.165, 1.54) is 6.07 Å². The van der Waals surface area contributed by atoms with Gasteiger partial charge in [-0.15, -0.1) is 0 Å². The Morgan fingerprint density at radius 3 is 2.13 bits per heavy atom. The fourth-order valence-corrected chi connectivity index (χ4v) is 4.18. The number of anilines is 1. The van der Waals surface area contributed by atoms with Crippen LogP contribution in [-0.4, -0.2) is 11.8 Å². The lowest BCUT2D eigenvalue weighted by Crippen LogP contribution is -2.31. The molecule has 0 radical (unpaired) electrons. The van der Waals surface area contributed by atoms with Crippen molar-refractivity contribution >= 4 is 46.4 Å². The third-order valence-electron chi connectivity index (χ3n) is 4.58. The molecule has 0 bridgehead atoms. The van der Waals surface area contributed by atoms with Crippen LogP contribution in [0.4, 0.5) is 14.5 Å². The van der Waals surface area contributed by atoms with Crippen molar-refractivity contribution in [2.75, 3.05) is 4.90 Å². The van der Waals surface area contributed by atoms with Crippen LogP contribution < -0.4 is 4.90 Å². The molecule has 0 atom stereocenters. The summed E-state index contributed by atoms with van der Waals surface area (Å²) in [7, 11) is 0. The van der Waals surface area contributed by atoms with Crippen LogP contribution in [0.15, 0.2) is 76.5 Å². The summed E-state index contributed by atoms with van der Waals surface area (Å²) < 4.78 is 27.1. The molecule has 0 aromatic heterocycles. The summed E-state index contributed by atoms with van der Waals surface area (Å²) in [5.74, 6) is -3.38. The molecule has 30 heavy (non-hydrogen) atoms. The van der Waals surface area contributed by atoms with Crippen molar-refractivity contribution < 1.29 is 18.4 Å². The highest BCUT2D eigenvalue weighted by molar-refractivity contribution is 8.04. The summed E-state index contributed by atoms with van der Waals surface area (Å²) in [6, 6.07) is 17.0. The van der Waals surface area contributed by atoms with Gasteiger partial charge in [-0.2, -0.15) is 0 Å². The number of carbonyl (C=O) groups excluding carboxylic acids is 2. The number of halogens is 3. The first-order valence-corrected chi connectivity index (χ1v) is 10.1. The Morgan fingerprint density at radius 1 is 0.833 bits per heavy atom. The molecule has 3 aromatic carbocycles. The van der Waals surface area contributed by atoms with Gasteiger partial charge in [0.25, 0.3) is 11.8 Å². The zero-order valence-electron chi connectivity index (χ0n) is 15.7. The van der Waals surface area contributed by atoms with E-state index in [1.54, 1.807) is 36.4 Å². The Bertz CT molecular complexity index is 1190. The van der Waals surface area contributed by atoms with Crippen LogP contribution in [-0.2, 0) is 9.59 Å². The van der Waals surface area contributed by atoms with E-state index in [4.69, 9.17) is 11.6 Å². The molecule has 0 aliphatic carbocycles. The number of rotatable bonds is 4. The molecule has 3 aromatic rings. The number of carbonyl (C=O) groups is 2. The highest BCUT2D eigenvalue weighted by atomic mass is 35.5. The van der Waals surface area contributed by atoms with Gasteiger partial charge in [0.15, 0.2) is 11.6 Å². The Labute approximate surface area is 181 Å². The van der Waals surface area contributed by atoms with E-state index in [1.807, 2.05) is 19.1 Å². The fraction of sp³-hybridized carbons (Fsp3) is 0.0435. The molecule has 0 saturated carbocycles. The number of imide groups is 1. The van der Waals surface area contributed by atoms with E-state index in [9.17, 15) is 18.4 Å². The molecule has 0 unspecified atom stereocenters. The Hall–Kier alpha value is -2.96. The summed E-state index contributed by atoms with van der Waals surface area (Å²) >= 11 is 7.06. The molecule has 7 heteroatoms. The number of hydrogen-bond donors (Lipinski definition) is 0. The number of nitrogens with zero attached hydrogens (tertiary/aromatic N) is 1. The molecule has 1 heterocycles. The van der Waals surface area contributed by atoms with Crippen LogP contribution in [0.2, 0.25) is 5.02 Å². The topological polar surface area (TPSA) is 37.4 Å². The summed E-state index contributed by atoms with van der Waals surface area (Å²) in [4.78, 5) is 28.3. The second-order valence-corrected chi connectivity index (χ2v) is 8.19. The Morgan fingerprint density at radius 2 is 1.50 bits per heavy atom. The van der Waals surface area contributed by atoms with Gasteiger partial charge in [0.05, 0.1) is 16.2 Å². The first-order chi connectivity index (χ1) is 14.3. The maximum atomic E-state index is 13.8. The van der Waals surface area contributed by atoms with Gasteiger partial charge in [-0.1, -0.05) is 53.2 Å². The molecule has 0 fully saturated rings. The van der Waals surface area contributed by atoms with Gasteiger partial charge in [-0.3, -0.25) is 9.59 Å². The predicted molar refractivity (Wildman–Crippen MR) is 114 cm³/mol. The fourth-order valence-electron chi connectivity index (χ4n) is 3.06. The Kier molecular flexibility index (Phi) is 5.45. The van der Waals surface area contributed by atoms with Gasteiger partial charge < -0.3 is 0 Å². The molecule has 0 saturated heterocycles. The number of hydrogen-bond acceptors (Lipinski definition) is 3. The maximum Gasteiger partial charge on any atom is 0.272 e. The highest BCUT2D eigenvalue weighted by Crippen LogP contribution is 2.41. The lowest BCUT2D eigenvalue weighted by Gasteiger charge is -2.15. The number of thioether (sulfide) groups is 1. The molecule has 4 rings (SSSR count). The molecule has 2 amide bonds. The van der Waals surface area contributed by atoms with Gasteiger partial charge in [-0.25, -0.2) is 13.7 Å². The third-order valence-corrected chi connectivity index (χ3v) is 5.92. The van der Waals surface area contributed by atoms with E-state index in [2.05, 4.69) is 0 Å². The Balaban J connectivity index is 1.82. The average molecular weight is 442 g/mol. The van der Waals surface area contributed by atoms with Crippen molar-refractivity contribution in [2.24, 2.45) is 0 Å². The van der Waals surface area contributed by atoms with Crippen LogP contribution in [0.25, 0.3) is 5.57 Å². The SMILES string of the molecule is Cc1ccc(C2=C(Sc3ccc(Cl)cc3)C(=O)N(c3ccc(F)c(F)c3)C2=O)cc1. The van der Waals surface area contributed by atoms with Crippen molar-refractivity contribution in [3.8, 4) is 0 Å². The summed E-state index contributed by atoms with van der Waals surface area (Å²) in [6.07, 6.45) is 0. The minimum Gasteiger partial charge on any atom is -0.268 e. The van der Waals surface area contributed by atoms with Crippen molar-refractivity contribution in [1.29, 1.82) is 0 Å². The molecular weight excluding hydrogens is 428 g/mol. The maximum absolute atomic E-state index is 13.8. The minimum absolute atomic E-state index is 0.0276. The summed E-state index contributed by atoms with van der Waals surface area (Å²) in [5.41, 5.74) is 1.76. The number of aryl methyl sites for hydroxylation is 1. The van der Waals surface area contributed by atoms with Crippen molar-refractivity contribution in [3.63, 3.8) is 0 Å². The molecule has 0 N–H and O–H groups in total. The lowest BCUT2D eigenvalue weighted by atomic mass is 10.0. The second-order valence-electron chi connectivity index (χ2n) is 6.67. The first kappa shape index (κ1) is 20.3. The minimum atomic E-state index is -1.14. The lowest BCUT2D eigenvalue weighted by molar-refractivity contribution is -0.119. The molecule has 1 aliphatic heterocycles. The van der Waals surface area contributed by atoms with Crippen molar-refractivity contribution in [2.45, 2.75) is 11.8 Å². The van der Waals surface area contributed by atoms with Crippen molar-refractivity contribution in [3.05, 3.63) is 99.4 Å². The van der Waals surface area contributed by atoms with Crippen LogP contribution in [0.1, 0.15) is 11.1 Å². The smallest absolute Gasteiger partial charge is 0.268 e. The second kappa shape index (κ2) is 8.05. The summed E-state index contributed by atoms with van der Waals surface area (Å²) in [6.45, 7) is 1.91. The van der Waals surface area contributed by atoms with E-state index < -0.39 is 23.4 Å². The number of amides is 2. The standard InChI is InChI=1S/C23H14ClF2NO2S/c1-13-2-4-14(5-3-13)20-21(30-17-9-6-15(24)7-10-17)23(29)27(22(20)28)16-8-11-18(25)19(26)12-16/h2-12H,1H3. The van der Waals surface area contributed by atoms with Crippen LogP contribution >= 0.6 is 23.4 Å². The largest absolute Gasteiger partial charge is 0.272 e. The van der Waals surface area contributed by atoms with Crippen LogP contribution in [0, 0.1) is 18.6 Å². The van der Waals surface area contributed by atoms with Gasteiger partial charge in [0.2, 0.25) is 0 Å². The number of benzene rings is 3. The molecule has 3 nitrogen and oxygen atoms in total. The molecule has 1 aliphatic rings. The van der Waals surface area contributed by atoms with Gasteiger partial charge in [0, 0.05) is 16.0 Å². The zero-order valence-corrected chi connectivity index (χ0v) is 17.2. The quantitative estimate of drug-likeness (QED) is 0.466. The first-order valence-electron chi connectivity index (χ1n) is 8.94. The van der Waals surface area contributed by atoms with E-state index in [-0.39, 0.29) is 16.2 Å². The molecule has 0 spiro atoms. The third kappa shape index (κ3) is 3.76. The van der Waals surface area contributed by atoms with Crippen molar-refractivity contribution in [1.82, 2.24) is 0 Å². The van der Waals surface area contributed by atoms with E-state index >= 15 is 0 Å². The monoisotopic (exact) mass is 441 g/mol. The predicted octanol–water partition coefficient (Wildman–Crippen LogP) is 6.00. The average Bonchev–Trinajstić information content (AvgIpc) is 2.96. The zero-order chi connectivity index (χ0) is 21.4. The van der Waals surface area contributed by atoms with Crippen LogP contribution in [0.5, 0.6) is 0 Å². The normalized spacial score (nSPS) is 14.1. The summed E-state index contributed by atoms with van der Waals surface area (Å²) in [5, 5.41) is 0.546. The molecule has 150 valence electrons. The van der Waals surface area contributed by atoms with Gasteiger partial charge in [-0.05, 0) is 48.9 Å². The van der Waals surface area contributed by atoms with Gasteiger partial charge in [0.1, 0.15) is 0 Å². The van der Waals surface area contributed by atoms with Gasteiger partial charge >= 0.3 is 0 Å². The molecular formula is C23H14ClF2NO2S. The van der Waals surface area contributed by atoms with E-state index in [0.29, 0.717) is 15.5 Å².